The molecule has 0 amide bonds. The van der Waals surface area contributed by atoms with Gasteiger partial charge in [-0.2, -0.15) is 0 Å². The second kappa shape index (κ2) is 8.96. The molecule has 2 aliphatic heterocycles. The Bertz CT molecular complexity index is 2030. The van der Waals surface area contributed by atoms with Crippen LogP contribution in [0, 0.1) is 0 Å². The molecule has 3 aromatic heterocycles. The van der Waals surface area contributed by atoms with Gasteiger partial charge in [0.15, 0.2) is 23.3 Å². The summed E-state index contributed by atoms with van der Waals surface area (Å²) >= 11 is 0. The van der Waals surface area contributed by atoms with Crippen molar-refractivity contribution in [1.82, 2.24) is 39.9 Å². The number of rotatable bonds is 0. The third kappa shape index (κ3) is 3.57. The molecule has 0 saturated heterocycles. The third-order valence-corrected chi connectivity index (χ3v) is 7.46. The van der Waals surface area contributed by atoms with E-state index in [-0.39, 0.29) is 20.4 Å². The zero-order chi connectivity index (χ0) is 26.2. The average molecular weight is 621 g/mol. The predicted octanol–water partition coefficient (Wildman–Crippen LogP) is 6.87. The van der Waals surface area contributed by atoms with Gasteiger partial charge in [-0.1, -0.05) is 97.1 Å². The van der Waals surface area contributed by atoms with Crippen LogP contribution in [0.4, 0.5) is 0 Å². The Labute approximate surface area is 246 Å². The number of H-pyrrole nitrogens is 2. The maximum Gasteiger partial charge on any atom is 0.164 e. The van der Waals surface area contributed by atoms with Gasteiger partial charge in [-0.3, -0.25) is 0 Å². The van der Waals surface area contributed by atoms with Crippen LogP contribution in [0.5, 0.6) is 0 Å². The molecular weight excluding hydrogens is 603 g/mol. The van der Waals surface area contributed by atoms with Gasteiger partial charge in [0.2, 0.25) is 0 Å². The molecule has 0 unspecified atom stereocenters. The molecule has 196 valence electrons. The first kappa shape index (κ1) is 23.8. The monoisotopic (exact) mass is 620 g/mol. The Morgan fingerprint density at radius 2 is 0.561 bits per heavy atom. The van der Waals surface area contributed by atoms with Gasteiger partial charge >= 0.3 is 0 Å². The van der Waals surface area contributed by atoms with Crippen LogP contribution in [0.25, 0.3) is 89.7 Å². The van der Waals surface area contributed by atoms with Crippen molar-refractivity contribution in [3.63, 3.8) is 0 Å². The number of fused-ring (bicyclic) bond motifs is 20. The molecule has 9 heteroatoms. The van der Waals surface area contributed by atoms with Gasteiger partial charge in [0, 0.05) is 64.2 Å². The van der Waals surface area contributed by atoms with Crippen molar-refractivity contribution in [2.75, 3.05) is 0 Å². The second-order valence-electron chi connectivity index (χ2n) is 9.79. The molecule has 0 spiro atoms. The second-order valence-corrected chi connectivity index (χ2v) is 9.79. The van der Waals surface area contributed by atoms with E-state index in [1.54, 1.807) is 0 Å². The average Bonchev–Trinajstić information content (AvgIpc) is 3.73. The first-order valence-corrected chi connectivity index (χ1v) is 13.0. The minimum absolute atomic E-state index is 0. The number of benzene rings is 4. The molecule has 8 bridgehead atoms. The molecule has 8 nitrogen and oxygen atoms in total. The fraction of sp³-hybridized carbons (Fsp3) is 0. The first-order chi connectivity index (χ1) is 19.8. The van der Waals surface area contributed by atoms with Crippen molar-refractivity contribution in [2.45, 2.75) is 0 Å². The van der Waals surface area contributed by atoms with Crippen molar-refractivity contribution >= 4 is 44.1 Å². The largest absolute Gasteiger partial charge is 0.324 e. The van der Waals surface area contributed by atoms with Gasteiger partial charge in [0.25, 0.3) is 0 Å². The van der Waals surface area contributed by atoms with Gasteiger partial charge in [0.1, 0.15) is 22.6 Å². The van der Waals surface area contributed by atoms with Gasteiger partial charge < -0.3 is 9.97 Å². The van der Waals surface area contributed by atoms with Crippen LogP contribution >= 0.6 is 0 Å². The van der Waals surface area contributed by atoms with Gasteiger partial charge in [-0.15, -0.1) is 0 Å². The quantitative estimate of drug-likeness (QED) is 0.179. The van der Waals surface area contributed by atoms with Crippen molar-refractivity contribution in [1.29, 1.82) is 0 Å². The van der Waals surface area contributed by atoms with E-state index in [0.29, 0.717) is 45.9 Å². The summed E-state index contributed by atoms with van der Waals surface area (Å²) in [5.41, 5.74) is 6.45. The molecule has 9 rings (SSSR count). The van der Waals surface area contributed by atoms with Gasteiger partial charge in [-0.25, -0.2) is 29.9 Å². The van der Waals surface area contributed by atoms with Gasteiger partial charge in [-0.05, 0) is 0 Å². The van der Waals surface area contributed by atoms with Crippen LogP contribution in [0.1, 0.15) is 0 Å². The molecule has 4 aromatic carbocycles. The minimum Gasteiger partial charge on any atom is -0.324 e. The van der Waals surface area contributed by atoms with Gasteiger partial charge in [0.05, 0.1) is 0 Å². The standard InChI is InChI=1S/C32H18N8.Pd/c1-2-10-18-17(9-1)25-33-26(18)38-28-21-13-5-6-14-22(21)30(35-28)40-32-24-16-8-7-15-23(24)31(36-32)39-29-20-12-4-3-11-19(20)27(34-29)37-25;/h1-16H,(H2,33,34,35,36,37,38,39,40);. The molecule has 5 heterocycles. The van der Waals surface area contributed by atoms with Crippen LogP contribution in [0.15, 0.2) is 97.1 Å². The van der Waals surface area contributed by atoms with Crippen molar-refractivity contribution in [3.05, 3.63) is 97.1 Å². The number of aromatic nitrogens is 8. The molecule has 2 N–H and O–H groups in total. The van der Waals surface area contributed by atoms with Crippen molar-refractivity contribution in [2.24, 2.45) is 0 Å². The third-order valence-electron chi connectivity index (χ3n) is 7.46. The summed E-state index contributed by atoms with van der Waals surface area (Å²) in [6, 6.07) is 32.2. The zero-order valence-corrected chi connectivity index (χ0v) is 22.8. The van der Waals surface area contributed by atoms with Crippen molar-refractivity contribution in [3.8, 4) is 45.6 Å². The van der Waals surface area contributed by atoms with E-state index < -0.39 is 0 Å². The maximum atomic E-state index is 5.02. The molecule has 0 aliphatic carbocycles. The Balaban J connectivity index is 0.00000256. The van der Waals surface area contributed by atoms with E-state index in [1.165, 1.54) is 0 Å². The zero-order valence-electron chi connectivity index (χ0n) is 21.2. The van der Waals surface area contributed by atoms with E-state index in [2.05, 4.69) is 9.97 Å². The Morgan fingerprint density at radius 3 is 0.829 bits per heavy atom. The fourth-order valence-corrected chi connectivity index (χ4v) is 5.59. The van der Waals surface area contributed by atoms with E-state index in [1.807, 2.05) is 97.1 Å². The summed E-state index contributed by atoms with van der Waals surface area (Å²) in [5.74, 6) is 2.39. The predicted molar refractivity (Wildman–Crippen MR) is 156 cm³/mol. The Hall–Kier alpha value is -5.10. The van der Waals surface area contributed by atoms with E-state index in [9.17, 15) is 0 Å². The van der Waals surface area contributed by atoms with Crippen LogP contribution in [0.2, 0.25) is 0 Å². The summed E-state index contributed by atoms with van der Waals surface area (Å²) < 4.78 is 0. The summed E-state index contributed by atoms with van der Waals surface area (Å²) in [4.78, 5) is 36.8. The molecule has 0 saturated carbocycles. The fourth-order valence-electron chi connectivity index (χ4n) is 5.59. The molecular formula is C32H18N8Pd. The molecule has 0 radical (unpaired) electrons. The summed E-state index contributed by atoms with van der Waals surface area (Å²) in [7, 11) is 0. The maximum absolute atomic E-state index is 5.02. The molecule has 0 fully saturated rings. The number of aromatic amines is 2. The van der Waals surface area contributed by atoms with Crippen molar-refractivity contribution < 1.29 is 20.4 Å². The number of hydrogen-bond donors (Lipinski definition) is 2. The summed E-state index contributed by atoms with van der Waals surface area (Å²) in [6.45, 7) is 0. The SMILES string of the molecule is [Pd].c1ccc2c(c1)-c1nc-2nc2[nH]c(nc3nc(nc4[nH]c(n1)c1ccccc41)-c1ccccc1-3)c1ccccc21. The first-order valence-electron chi connectivity index (χ1n) is 13.0. The van der Waals surface area contributed by atoms with Crippen LogP contribution in [-0.2, 0) is 20.4 Å². The normalized spacial score (nSPS) is 11.7. The Kier molecular flexibility index (Phi) is 5.19. The van der Waals surface area contributed by atoms with E-state index in [4.69, 9.17) is 29.9 Å². The van der Waals surface area contributed by atoms with Crippen LogP contribution in [-0.4, -0.2) is 39.9 Å². The smallest absolute Gasteiger partial charge is 0.164 e. The number of nitrogens with zero attached hydrogens (tertiary/aromatic N) is 6. The minimum atomic E-state index is 0. The number of hydrogen-bond acceptors (Lipinski definition) is 6. The van der Waals surface area contributed by atoms with Crippen LogP contribution < -0.4 is 0 Å². The topological polar surface area (TPSA) is 109 Å². The Morgan fingerprint density at radius 1 is 0.317 bits per heavy atom. The summed E-state index contributed by atoms with van der Waals surface area (Å²) in [6.07, 6.45) is 0. The summed E-state index contributed by atoms with van der Waals surface area (Å²) in [5, 5.41) is 3.82. The molecule has 41 heavy (non-hydrogen) atoms. The van der Waals surface area contributed by atoms with E-state index >= 15 is 0 Å². The van der Waals surface area contributed by atoms with E-state index in [0.717, 1.165) is 43.8 Å². The molecule has 7 aromatic rings. The van der Waals surface area contributed by atoms with Crippen LogP contribution in [0.3, 0.4) is 0 Å². The molecule has 2 aliphatic rings. The number of nitrogens with one attached hydrogen (secondary N) is 2. The molecule has 0 atom stereocenters.